The van der Waals surface area contributed by atoms with Crippen molar-refractivity contribution < 1.29 is 0 Å². The minimum atomic E-state index is 0.210. The van der Waals surface area contributed by atoms with Gasteiger partial charge in [-0.1, -0.05) is 35.5 Å². The van der Waals surface area contributed by atoms with Gasteiger partial charge in [-0.25, -0.2) is 0 Å². The number of rotatable bonds is 2. The van der Waals surface area contributed by atoms with E-state index in [1.165, 1.54) is 5.56 Å². The van der Waals surface area contributed by atoms with Crippen LogP contribution in [-0.4, -0.2) is 22.4 Å². The molecule has 1 saturated heterocycles. The molecule has 3 nitrogen and oxygen atoms in total. The molecular formula is C13H14ClN3S. The Balaban J connectivity index is 2.21. The van der Waals surface area contributed by atoms with Crippen LogP contribution in [0.2, 0.25) is 5.02 Å². The average molecular weight is 280 g/mol. The maximum Gasteiger partial charge on any atom is 0.208 e. The summed E-state index contributed by atoms with van der Waals surface area (Å²) < 4.78 is 0. The maximum atomic E-state index is 8.73. The first-order valence-electron chi connectivity index (χ1n) is 5.84. The molecule has 2 rings (SSSR count). The van der Waals surface area contributed by atoms with Crippen LogP contribution in [0.1, 0.15) is 24.9 Å². The fourth-order valence-electron chi connectivity index (χ4n) is 2.00. The molecule has 0 saturated carbocycles. The molecule has 1 atom stereocenters. The summed E-state index contributed by atoms with van der Waals surface area (Å²) >= 11 is 7.55. The lowest BCUT2D eigenvalue weighted by Crippen LogP contribution is -2.36. The predicted molar refractivity (Wildman–Crippen MR) is 76.7 cm³/mol. The topological polar surface area (TPSA) is 39.4 Å². The second-order valence-corrected chi connectivity index (χ2v) is 5.62. The summed E-state index contributed by atoms with van der Waals surface area (Å²) in [4.78, 5) is 6.10. The van der Waals surface area contributed by atoms with Crippen molar-refractivity contribution in [3.8, 4) is 6.19 Å². The molecule has 1 aromatic carbocycles. The van der Waals surface area contributed by atoms with Gasteiger partial charge >= 0.3 is 0 Å². The number of benzene rings is 1. The van der Waals surface area contributed by atoms with Crippen molar-refractivity contribution in [3.63, 3.8) is 0 Å². The standard InChI is InChI=1S/C13H14ClN3S/c1-10(11-3-5-12(14)6-4-11)17-7-2-8-18-13(17)16-9-15/h3-6,10H,2,7-8H2,1H3. The monoisotopic (exact) mass is 279 g/mol. The Morgan fingerprint density at radius 1 is 1.44 bits per heavy atom. The highest BCUT2D eigenvalue weighted by Crippen LogP contribution is 2.28. The molecule has 0 aromatic heterocycles. The van der Waals surface area contributed by atoms with Crippen molar-refractivity contribution >= 4 is 28.5 Å². The number of nitriles is 1. The van der Waals surface area contributed by atoms with Crippen molar-refractivity contribution in [1.29, 1.82) is 5.26 Å². The van der Waals surface area contributed by atoms with E-state index >= 15 is 0 Å². The molecule has 0 aliphatic carbocycles. The summed E-state index contributed by atoms with van der Waals surface area (Å²) in [5.41, 5.74) is 1.19. The first kappa shape index (κ1) is 13.3. The highest BCUT2D eigenvalue weighted by atomic mass is 35.5. The number of thioether (sulfide) groups is 1. The number of halogens is 1. The molecule has 1 aromatic rings. The number of amidine groups is 1. The summed E-state index contributed by atoms with van der Waals surface area (Å²) in [6, 6.07) is 8.05. The summed E-state index contributed by atoms with van der Waals surface area (Å²) in [5, 5.41) is 10.3. The Labute approximate surface area is 116 Å². The Morgan fingerprint density at radius 2 is 2.17 bits per heavy atom. The third kappa shape index (κ3) is 2.98. The summed E-state index contributed by atoms with van der Waals surface area (Å²) in [6.45, 7) is 3.07. The van der Waals surface area contributed by atoms with E-state index < -0.39 is 0 Å². The second kappa shape index (κ2) is 6.12. The summed E-state index contributed by atoms with van der Waals surface area (Å²) in [7, 11) is 0. The van der Waals surface area contributed by atoms with Gasteiger partial charge in [0, 0.05) is 17.3 Å². The first-order valence-corrected chi connectivity index (χ1v) is 7.20. The van der Waals surface area contributed by atoms with Gasteiger partial charge in [-0.05, 0) is 31.0 Å². The third-order valence-corrected chi connectivity index (χ3v) is 4.31. The van der Waals surface area contributed by atoms with Crippen molar-refractivity contribution in [3.05, 3.63) is 34.9 Å². The van der Waals surface area contributed by atoms with E-state index in [2.05, 4.69) is 16.8 Å². The Morgan fingerprint density at radius 3 is 2.83 bits per heavy atom. The molecule has 5 heteroatoms. The Hall–Kier alpha value is -1.18. The molecule has 0 radical (unpaired) electrons. The minimum absolute atomic E-state index is 0.210. The van der Waals surface area contributed by atoms with Gasteiger partial charge in [-0.3, -0.25) is 0 Å². The van der Waals surface area contributed by atoms with Crippen LogP contribution in [-0.2, 0) is 0 Å². The van der Waals surface area contributed by atoms with Crippen LogP contribution in [0.15, 0.2) is 29.3 Å². The molecule has 0 spiro atoms. The summed E-state index contributed by atoms with van der Waals surface area (Å²) in [5.74, 6) is 1.03. The van der Waals surface area contributed by atoms with Crippen LogP contribution >= 0.6 is 23.4 Å². The van der Waals surface area contributed by atoms with Crippen molar-refractivity contribution in [2.24, 2.45) is 4.99 Å². The zero-order valence-corrected chi connectivity index (χ0v) is 11.7. The van der Waals surface area contributed by atoms with Crippen LogP contribution in [0.5, 0.6) is 0 Å². The minimum Gasteiger partial charge on any atom is -0.344 e. The third-order valence-electron chi connectivity index (χ3n) is 2.99. The van der Waals surface area contributed by atoms with Crippen LogP contribution in [0.4, 0.5) is 0 Å². The molecule has 94 valence electrons. The van der Waals surface area contributed by atoms with Crippen molar-refractivity contribution in [2.45, 2.75) is 19.4 Å². The van der Waals surface area contributed by atoms with Gasteiger partial charge in [0.05, 0.1) is 6.04 Å². The fraction of sp³-hybridized carbons (Fsp3) is 0.385. The van der Waals surface area contributed by atoms with Gasteiger partial charge in [0.1, 0.15) is 0 Å². The lowest BCUT2D eigenvalue weighted by atomic mass is 10.1. The van der Waals surface area contributed by atoms with Crippen molar-refractivity contribution in [2.75, 3.05) is 12.3 Å². The normalized spacial score (nSPS) is 19.6. The molecule has 0 bridgehead atoms. The van der Waals surface area contributed by atoms with Crippen molar-refractivity contribution in [1.82, 2.24) is 4.90 Å². The quantitative estimate of drug-likeness (QED) is 0.775. The van der Waals surface area contributed by atoms with Gasteiger partial charge in [0.2, 0.25) is 6.19 Å². The number of aliphatic imine (C=N–C) groups is 1. The lowest BCUT2D eigenvalue weighted by molar-refractivity contribution is 0.340. The van der Waals surface area contributed by atoms with Gasteiger partial charge in [-0.15, -0.1) is 4.99 Å². The molecular weight excluding hydrogens is 266 g/mol. The summed E-state index contributed by atoms with van der Waals surface area (Å²) in [6.07, 6.45) is 3.01. The SMILES string of the molecule is CC(c1ccc(Cl)cc1)N1CCCSC1=NC#N. The molecule has 1 heterocycles. The molecule has 1 aliphatic heterocycles. The zero-order valence-electron chi connectivity index (χ0n) is 10.1. The van der Waals surface area contributed by atoms with Gasteiger partial charge < -0.3 is 4.90 Å². The number of nitrogens with zero attached hydrogens (tertiary/aromatic N) is 3. The smallest absolute Gasteiger partial charge is 0.208 e. The lowest BCUT2D eigenvalue weighted by Gasteiger charge is -2.34. The van der Waals surface area contributed by atoms with E-state index in [1.54, 1.807) is 11.8 Å². The maximum absolute atomic E-state index is 8.73. The Bertz CT molecular complexity index is 478. The predicted octanol–water partition coefficient (Wildman–Crippen LogP) is 3.68. The van der Waals surface area contributed by atoms with Crippen LogP contribution in [0.25, 0.3) is 0 Å². The highest BCUT2D eigenvalue weighted by molar-refractivity contribution is 8.13. The van der Waals surface area contributed by atoms with E-state index in [-0.39, 0.29) is 6.04 Å². The van der Waals surface area contributed by atoms with E-state index in [9.17, 15) is 0 Å². The van der Waals surface area contributed by atoms with E-state index in [4.69, 9.17) is 16.9 Å². The molecule has 1 fully saturated rings. The van der Waals surface area contributed by atoms with Gasteiger partial charge in [0.15, 0.2) is 5.17 Å². The number of hydrogen-bond acceptors (Lipinski definition) is 3. The molecule has 1 unspecified atom stereocenters. The molecule has 0 amide bonds. The van der Waals surface area contributed by atoms with Crippen LogP contribution < -0.4 is 0 Å². The van der Waals surface area contributed by atoms with E-state index in [0.717, 1.165) is 28.9 Å². The Kier molecular flexibility index (Phi) is 4.51. The van der Waals surface area contributed by atoms with E-state index in [0.29, 0.717) is 0 Å². The molecule has 0 N–H and O–H groups in total. The van der Waals surface area contributed by atoms with Gasteiger partial charge in [-0.2, -0.15) is 5.26 Å². The fourth-order valence-corrected chi connectivity index (χ4v) is 3.10. The zero-order chi connectivity index (χ0) is 13.0. The molecule has 18 heavy (non-hydrogen) atoms. The highest BCUT2D eigenvalue weighted by Gasteiger charge is 2.23. The first-order chi connectivity index (χ1) is 8.72. The number of hydrogen-bond donors (Lipinski definition) is 0. The largest absolute Gasteiger partial charge is 0.344 e. The average Bonchev–Trinajstić information content (AvgIpc) is 2.40. The van der Waals surface area contributed by atoms with Crippen LogP contribution in [0, 0.1) is 11.5 Å². The van der Waals surface area contributed by atoms with Crippen LogP contribution in [0.3, 0.4) is 0 Å². The van der Waals surface area contributed by atoms with E-state index in [1.807, 2.05) is 30.5 Å². The van der Waals surface area contributed by atoms with Gasteiger partial charge in [0.25, 0.3) is 0 Å². The molecule has 1 aliphatic rings. The second-order valence-electron chi connectivity index (χ2n) is 4.12.